The average molecular weight is 308 g/mol. The molecule has 0 unspecified atom stereocenters. The van der Waals surface area contributed by atoms with Gasteiger partial charge in [0, 0.05) is 10.9 Å². The molecule has 0 aromatic heterocycles. The van der Waals surface area contributed by atoms with E-state index in [1.54, 1.807) is 11.8 Å². The summed E-state index contributed by atoms with van der Waals surface area (Å²) in [4.78, 5) is 16.1. The van der Waals surface area contributed by atoms with Gasteiger partial charge in [0.2, 0.25) is 0 Å². The molecule has 2 N–H and O–H groups in total. The number of amides is 1. The normalized spacial score (nSPS) is 15.2. The monoisotopic (exact) mass is 308 g/mol. The number of carbonyl (C=O) groups excluding carboxylic acids is 1. The second kappa shape index (κ2) is 7.09. The molecular formula is C15H20N2OS2. The van der Waals surface area contributed by atoms with E-state index in [2.05, 4.69) is 0 Å². The number of benzene rings is 1. The van der Waals surface area contributed by atoms with Gasteiger partial charge in [-0.2, -0.15) is 0 Å². The number of thiocarbonyl (C=S) groups is 1. The summed E-state index contributed by atoms with van der Waals surface area (Å²) in [5.41, 5.74) is 6.43. The van der Waals surface area contributed by atoms with Crippen LogP contribution in [0.5, 0.6) is 0 Å². The van der Waals surface area contributed by atoms with Crippen LogP contribution < -0.4 is 5.73 Å². The maximum atomic E-state index is 12.8. The smallest absolute Gasteiger partial charge is 0.255 e. The Morgan fingerprint density at radius 1 is 1.40 bits per heavy atom. The van der Waals surface area contributed by atoms with Crippen molar-refractivity contribution in [2.45, 2.75) is 36.6 Å². The van der Waals surface area contributed by atoms with Crippen LogP contribution in [-0.2, 0) is 0 Å². The second-order valence-electron chi connectivity index (χ2n) is 5.04. The molecule has 1 fully saturated rings. The van der Waals surface area contributed by atoms with Gasteiger partial charge in [0.05, 0.1) is 17.1 Å². The number of thioether (sulfide) groups is 1. The van der Waals surface area contributed by atoms with Crippen LogP contribution in [0.2, 0.25) is 0 Å². The van der Waals surface area contributed by atoms with E-state index in [1.165, 1.54) is 12.8 Å². The fourth-order valence-electron chi connectivity index (χ4n) is 2.73. The Morgan fingerprint density at radius 3 is 2.65 bits per heavy atom. The van der Waals surface area contributed by atoms with Crippen molar-refractivity contribution >= 4 is 34.9 Å². The predicted molar refractivity (Wildman–Crippen MR) is 88.3 cm³/mol. The Kier molecular flexibility index (Phi) is 5.43. The van der Waals surface area contributed by atoms with Gasteiger partial charge in [-0.05, 0) is 31.2 Å². The zero-order chi connectivity index (χ0) is 14.5. The van der Waals surface area contributed by atoms with E-state index in [1.807, 2.05) is 35.4 Å². The lowest BCUT2D eigenvalue weighted by Crippen LogP contribution is -2.43. The number of rotatable bonds is 5. The highest BCUT2D eigenvalue weighted by Gasteiger charge is 2.28. The molecule has 1 aliphatic carbocycles. The molecule has 0 bridgehead atoms. The summed E-state index contributed by atoms with van der Waals surface area (Å²) >= 11 is 6.61. The Bertz CT molecular complexity index is 498. The molecule has 1 saturated carbocycles. The SMILES string of the molecule is CSc1ccccc1C(=O)N(CC(N)=S)C1CCCC1. The van der Waals surface area contributed by atoms with Crippen LogP contribution in [0.1, 0.15) is 36.0 Å². The molecule has 3 nitrogen and oxygen atoms in total. The van der Waals surface area contributed by atoms with Crippen molar-refractivity contribution in [1.82, 2.24) is 4.90 Å². The number of nitrogens with zero attached hydrogens (tertiary/aromatic N) is 1. The van der Waals surface area contributed by atoms with Gasteiger partial charge >= 0.3 is 0 Å². The zero-order valence-electron chi connectivity index (χ0n) is 11.7. The molecule has 1 amide bonds. The van der Waals surface area contributed by atoms with Gasteiger partial charge in [-0.3, -0.25) is 4.79 Å². The first-order valence-corrected chi connectivity index (χ1v) is 8.49. The van der Waals surface area contributed by atoms with Gasteiger partial charge in [-0.15, -0.1) is 11.8 Å². The van der Waals surface area contributed by atoms with Crippen LogP contribution in [0.15, 0.2) is 29.2 Å². The lowest BCUT2D eigenvalue weighted by atomic mass is 10.1. The molecule has 0 aliphatic heterocycles. The molecule has 0 saturated heterocycles. The Morgan fingerprint density at radius 2 is 2.05 bits per heavy atom. The summed E-state index contributed by atoms with van der Waals surface area (Å²) in [5, 5.41) is 0. The first-order valence-electron chi connectivity index (χ1n) is 6.85. The quantitative estimate of drug-likeness (QED) is 0.671. The third-order valence-electron chi connectivity index (χ3n) is 3.69. The highest BCUT2D eigenvalue weighted by atomic mass is 32.2. The minimum absolute atomic E-state index is 0.0506. The van der Waals surface area contributed by atoms with Gasteiger partial charge in [-0.25, -0.2) is 0 Å². The van der Waals surface area contributed by atoms with Gasteiger partial charge in [0.15, 0.2) is 0 Å². The predicted octanol–water partition coefficient (Wildman–Crippen LogP) is 3.08. The highest BCUT2D eigenvalue weighted by Crippen LogP contribution is 2.27. The second-order valence-corrected chi connectivity index (χ2v) is 6.41. The van der Waals surface area contributed by atoms with Crippen LogP contribution in [0, 0.1) is 0 Å². The maximum Gasteiger partial charge on any atom is 0.255 e. The van der Waals surface area contributed by atoms with E-state index in [0.29, 0.717) is 11.5 Å². The van der Waals surface area contributed by atoms with E-state index in [0.717, 1.165) is 23.3 Å². The molecule has 0 heterocycles. The number of hydrogen-bond donors (Lipinski definition) is 1. The highest BCUT2D eigenvalue weighted by molar-refractivity contribution is 7.98. The molecule has 5 heteroatoms. The van der Waals surface area contributed by atoms with Crippen molar-refractivity contribution < 1.29 is 4.79 Å². The first kappa shape index (κ1) is 15.3. The van der Waals surface area contributed by atoms with Gasteiger partial charge < -0.3 is 10.6 Å². The van der Waals surface area contributed by atoms with E-state index in [9.17, 15) is 4.79 Å². The van der Waals surface area contributed by atoms with Crippen LogP contribution in [-0.4, -0.2) is 34.6 Å². The van der Waals surface area contributed by atoms with E-state index >= 15 is 0 Å². The van der Waals surface area contributed by atoms with Crippen LogP contribution in [0.3, 0.4) is 0 Å². The lowest BCUT2D eigenvalue weighted by molar-refractivity contribution is 0.0711. The molecular weight excluding hydrogens is 288 g/mol. The Balaban J connectivity index is 2.27. The topological polar surface area (TPSA) is 46.3 Å². The van der Waals surface area contributed by atoms with Crippen molar-refractivity contribution in [3.8, 4) is 0 Å². The van der Waals surface area contributed by atoms with Crippen molar-refractivity contribution in [2.75, 3.05) is 12.8 Å². The van der Waals surface area contributed by atoms with Crippen LogP contribution >= 0.6 is 24.0 Å². The standard InChI is InChI=1S/C15H20N2OS2/c1-20-13-9-5-4-8-12(13)15(18)17(10-14(16)19)11-6-2-3-7-11/h4-5,8-9,11H,2-3,6-7,10H2,1H3,(H2,16,19). The van der Waals surface area contributed by atoms with Crippen molar-refractivity contribution in [1.29, 1.82) is 0 Å². The summed E-state index contributed by atoms with van der Waals surface area (Å²) in [7, 11) is 0. The van der Waals surface area contributed by atoms with E-state index in [4.69, 9.17) is 18.0 Å². The number of nitrogens with two attached hydrogens (primary N) is 1. The summed E-state index contributed by atoms with van der Waals surface area (Å²) in [6.45, 7) is 0.377. The minimum Gasteiger partial charge on any atom is -0.392 e. The number of hydrogen-bond acceptors (Lipinski definition) is 3. The molecule has 2 rings (SSSR count). The summed E-state index contributed by atoms with van der Waals surface area (Å²) in [6, 6.07) is 8.00. The van der Waals surface area contributed by atoms with Crippen molar-refractivity contribution in [3.63, 3.8) is 0 Å². The van der Waals surface area contributed by atoms with E-state index in [-0.39, 0.29) is 11.9 Å². The maximum absolute atomic E-state index is 12.8. The first-order chi connectivity index (χ1) is 9.63. The molecule has 1 aromatic rings. The molecule has 1 aromatic carbocycles. The minimum atomic E-state index is 0.0506. The summed E-state index contributed by atoms with van der Waals surface area (Å²) in [6.07, 6.45) is 6.44. The number of carbonyl (C=O) groups is 1. The molecule has 1 aliphatic rings. The summed E-state index contributed by atoms with van der Waals surface area (Å²) in [5.74, 6) is 0.0506. The third-order valence-corrected chi connectivity index (χ3v) is 4.61. The molecule has 0 radical (unpaired) electrons. The Labute approximate surface area is 129 Å². The summed E-state index contributed by atoms with van der Waals surface area (Å²) < 4.78 is 0. The largest absolute Gasteiger partial charge is 0.392 e. The third kappa shape index (κ3) is 3.52. The van der Waals surface area contributed by atoms with Gasteiger partial charge in [0.25, 0.3) is 5.91 Å². The molecule has 0 atom stereocenters. The van der Waals surface area contributed by atoms with Crippen molar-refractivity contribution in [3.05, 3.63) is 29.8 Å². The average Bonchev–Trinajstić information content (AvgIpc) is 2.97. The molecule has 20 heavy (non-hydrogen) atoms. The molecule has 0 spiro atoms. The zero-order valence-corrected chi connectivity index (χ0v) is 13.3. The van der Waals surface area contributed by atoms with Crippen LogP contribution in [0.25, 0.3) is 0 Å². The fourth-order valence-corrected chi connectivity index (χ4v) is 3.46. The van der Waals surface area contributed by atoms with E-state index < -0.39 is 0 Å². The van der Waals surface area contributed by atoms with Gasteiger partial charge in [0.1, 0.15) is 0 Å². The van der Waals surface area contributed by atoms with Crippen LogP contribution in [0.4, 0.5) is 0 Å². The Hall–Kier alpha value is -1.07. The lowest BCUT2D eigenvalue weighted by Gasteiger charge is -2.29. The molecule has 108 valence electrons. The van der Waals surface area contributed by atoms with Crippen molar-refractivity contribution in [2.24, 2.45) is 5.73 Å². The van der Waals surface area contributed by atoms with Gasteiger partial charge in [-0.1, -0.05) is 37.2 Å². The fraction of sp³-hybridized carbons (Fsp3) is 0.467.